The van der Waals surface area contributed by atoms with E-state index in [0.717, 1.165) is 78.1 Å². The van der Waals surface area contributed by atoms with Gasteiger partial charge in [0.1, 0.15) is 11.7 Å². The number of pyridine rings is 2. The Bertz CT molecular complexity index is 3430. The molecule has 0 saturated carbocycles. The van der Waals surface area contributed by atoms with E-state index in [4.69, 9.17) is 14.7 Å². The van der Waals surface area contributed by atoms with Gasteiger partial charge in [-0.25, -0.2) is 4.98 Å². The first kappa shape index (κ1) is 51.6. The first-order valence-electron chi connectivity index (χ1n) is 25.0. The van der Waals surface area contributed by atoms with Crippen LogP contribution in [-0.2, 0) is 37.3 Å². The summed E-state index contributed by atoms with van der Waals surface area (Å²) in [6.45, 7) is 22.2. The first-order valence-corrected chi connectivity index (χ1v) is 25.0. The van der Waals surface area contributed by atoms with E-state index < -0.39 is 0 Å². The second-order valence-electron chi connectivity index (χ2n) is 21.5. The molecule has 3 aromatic heterocycles. The third-order valence-corrected chi connectivity index (χ3v) is 13.2. The molecule has 2 radical (unpaired) electrons. The number of anilines is 4. The maximum Gasteiger partial charge on any atom is 0.182 e. The van der Waals surface area contributed by atoms with E-state index >= 15 is 0 Å². The second kappa shape index (κ2) is 21.3. The van der Waals surface area contributed by atoms with Crippen molar-refractivity contribution in [1.29, 1.82) is 0 Å². The Morgan fingerprint density at radius 1 is 0.595 bits per heavy atom. The van der Waals surface area contributed by atoms with Crippen LogP contribution in [-0.4, -0.2) is 29.1 Å². The summed E-state index contributed by atoms with van der Waals surface area (Å²) in [7, 11) is 4.32. The predicted octanol–water partition coefficient (Wildman–Crippen LogP) is 14.6. The molecule has 0 unspecified atom stereocenters. The summed E-state index contributed by atoms with van der Waals surface area (Å²) in [5, 5.41) is 8.67. The smallest absolute Gasteiger partial charge is 0.182 e. The van der Waals surface area contributed by atoms with Crippen molar-refractivity contribution in [2.24, 2.45) is 0 Å². The van der Waals surface area contributed by atoms with Crippen LogP contribution in [0.4, 0.5) is 22.7 Å². The molecule has 10 rings (SSSR count). The Kier molecular flexibility index (Phi) is 14.8. The predicted molar refractivity (Wildman–Crippen MR) is 307 cm³/mol. The van der Waals surface area contributed by atoms with Crippen LogP contribution in [0.5, 0.6) is 11.6 Å². The van der Waals surface area contributed by atoms with Gasteiger partial charge in [-0.3, -0.25) is 4.98 Å². The molecule has 6 heterocycles. The maximum absolute atomic E-state index is 6.87. The Labute approximate surface area is 453 Å². The molecule has 7 aromatic rings. The van der Waals surface area contributed by atoms with Crippen LogP contribution >= 0.6 is 0 Å². The summed E-state index contributed by atoms with van der Waals surface area (Å²) < 4.78 is 9.08. The van der Waals surface area contributed by atoms with Gasteiger partial charge in [-0.2, -0.15) is 23.9 Å². The second-order valence-corrected chi connectivity index (χ2v) is 21.5. The molecule has 0 aliphatic carbocycles. The topological polar surface area (TPSA) is 70.5 Å². The van der Waals surface area contributed by atoms with Gasteiger partial charge >= 0.3 is 0 Å². The zero-order chi connectivity index (χ0) is 50.9. The molecule has 74 heavy (non-hydrogen) atoms. The minimum Gasteiger partial charge on any atom is -0.503 e. The average Bonchev–Trinajstić information content (AvgIpc) is 3.92. The third kappa shape index (κ3) is 10.8. The molecule has 372 valence electrons. The number of nitrogens with zero attached hydrogens (tertiary/aromatic N) is 5. The fraction of sp³-hybridized carbons (Fsp3) is 0.190. The number of para-hydroxylation sites is 3. The minimum absolute atomic E-state index is 0. The monoisotopic (exact) mass is 1150 g/mol. The molecular weight excluding hydrogens is 1090 g/mol. The number of allylic oxidation sites excluding steroid dienone is 8. The van der Waals surface area contributed by atoms with Gasteiger partial charge in [-0.15, -0.1) is 36.1 Å². The number of hydrogen-bond donors (Lipinski definition) is 2. The quantitative estimate of drug-likeness (QED) is 0.122. The van der Waals surface area contributed by atoms with Crippen molar-refractivity contribution in [1.82, 2.24) is 25.2 Å². The summed E-state index contributed by atoms with van der Waals surface area (Å²) in [4.78, 5) is 14.6. The summed E-state index contributed by atoms with van der Waals surface area (Å²) in [6.07, 6.45) is 26.0. The molecule has 0 fully saturated rings. The molecule has 0 saturated heterocycles. The van der Waals surface area contributed by atoms with Gasteiger partial charge < -0.3 is 29.7 Å². The van der Waals surface area contributed by atoms with Crippen molar-refractivity contribution in [3.63, 3.8) is 0 Å². The van der Waals surface area contributed by atoms with Crippen molar-refractivity contribution >= 4 is 70.1 Å². The number of aromatic nitrogens is 3. The van der Waals surface area contributed by atoms with Gasteiger partial charge in [0.15, 0.2) is 14.6 Å². The van der Waals surface area contributed by atoms with Gasteiger partial charge in [-0.05, 0) is 104 Å². The normalized spacial score (nSPS) is 18.9. The van der Waals surface area contributed by atoms with Crippen LogP contribution in [0.3, 0.4) is 0 Å². The molecule has 0 amide bonds. The molecule has 3 aliphatic heterocycles. The number of fused-ring (bicyclic) bond motifs is 4. The van der Waals surface area contributed by atoms with E-state index in [1.54, 1.807) is 0 Å². The van der Waals surface area contributed by atoms with Crippen molar-refractivity contribution in [2.45, 2.75) is 78.6 Å². The molecule has 0 spiro atoms. The Balaban J connectivity index is 0.00000672. The number of hydrogen-bond acceptors (Lipinski definition) is 7. The van der Waals surface area contributed by atoms with Crippen LogP contribution in [0.15, 0.2) is 183 Å². The number of rotatable bonds is 7. The molecule has 11 heteroatoms. The van der Waals surface area contributed by atoms with E-state index in [0.29, 0.717) is 11.6 Å². The van der Waals surface area contributed by atoms with Gasteiger partial charge in [0.05, 0.1) is 0 Å². The van der Waals surface area contributed by atoms with E-state index in [2.05, 4.69) is 230 Å². The molecule has 3 aliphatic rings. The van der Waals surface area contributed by atoms with Gasteiger partial charge in [0.2, 0.25) is 0 Å². The fourth-order valence-corrected chi connectivity index (χ4v) is 9.22. The zero-order valence-corrected chi connectivity index (χ0v) is 45.8. The van der Waals surface area contributed by atoms with Crippen LogP contribution in [0.2, 0.25) is 0 Å². The Hall–Kier alpha value is -7.28. The van der Waals surface area contributed by atoms with Crippen LogP contribution in [0, 0.1) is 18.8 Å². The number of benzene rings is 4. The van der Waals surface area contributed by atoms with Crippen LogP contribution < -0.4 is 25.2 Å². The van der Waals surface area contributed by atoms with Crippen molar-refractivity contribution < 1.29 is 25.8 Å². The molecule has 0 bridgehead atoms. The van der Waals surface area contributed by atoms with Crippen LogP contribution in [0.1, 0.15) is 90.3 Å². The molecule has 2 N–H and O–H groups in total. The summed E-state index contributed by atoms with van der Waals surface area (Å²) in [6, 6.07) is 39.7. The van der Waals surface area contributed by atoms with Gasteiger partial charge in [-0.1, -0.05) is 146 Å². The first-order chi connectivity index (χ1) is 35.1. The maximum atomic E-state index is 6.87. The fourth-order valence-electron chi connectivity index (χ4n) is 9.22. The van der Waals surface area contributed by atoms with E-state index in [-0.39, 0.29) is 37.3 Å². The molecule has 0 atom stereocenters. The van der Waals surface area contributed by atoms with Gasteiger partial charge in [0.25, 0.3) is 0 Å². The summed E-state index contributed by atoms with van der Waals surface area (Å²) in [5.74, 6) is 5.86. The summed E-state index contributed by atoms with van der Waals surface area (Å²) >= 11 is 0. The zero-order valence-electron chi connectivity index (χ0n) is 43.5. The third-order valence-electron chi connectivity index (χ3n) is 13.2. The molecule has 4 aromatic carbocycles. The number of nitrogens with one attached hydrogen (secondary N) is 2. The van der Waals surface area contributed by atoms with E-state index in [1.807, 2.05) is 73.5 Å². The molecular formula is C63H60B2N7OPt-3. The van der Waals surface area contributed by atoms with E-state index in [9.17, 15) is 0 Å². The van der Waals surface area contributed by atoms with Crippen molar-refractivity contribution in [3.8, 4) is 17.4 Å². The van der Waals surface area contributed by atoms with Gasteiger partial charge in [0, 0.05) is 80.4 Å². The minimum atomic E-state index is -0.332. The largest absolute Gasteiger partial charge is 0.503 e. The van der Waals surface area contributed by atoms with Crippen LogP contribution in [0.25, 0.3) is 38.6 Å². The van der Waals surface area contributed by atoms with Crippen molar-refractivity contribution in [3.05, 3.63) is 229 Å². The summed E-state index contributed by atoms with van der Waals surface area (Å²) in [5.41, 5.74) is 12.8. The van der Waals surface area contributed by atoms with Crippen molar-refractivity contribution in [2.75, 3.05) is 9.80 Å². The molecule has 8 nitrogen and oxygen atoms in total. The standard InChI is InChI=1S/C63H60B2N7O.Pt/c1-61(2,3)43-25-28-53-50(37-43)47-27-26-46(41-56(47)72(53)58-38-44(29-36-68-58)62(4,5)6)73-59-40-45(39-57(69-59)63(7,8)9)70-42-71(55-24-11-10-23-54(55)70)60-48(51-21-17-34-66-32-14-12-30-64-51)19-16-20-49(60)52-22-18-35-67-33-15-13-31-65-52;/h10-39,42,66-67H,1-9H3;/q-3;/b30-12-,31-13-,32-14-,33-15-,34-17-,35-18-,51-21-,52-22-;. The SMILES string of the molecule is CC(C)(C)c1ccnc(-n2c3[c-]c(Oc4[c-]c(N5[CH-]N(c6c(/C7=C/C=C\N/C=C\C=C/[B]7)cccc6/C6=C/C=C\N/C=C\C=C/[B]6)c6ccccc65)cc(C(C)(C)C)n4)ccc3c3cc(C(C)(C)C)ccc32)c1.[Pt]. The average molecular weight is 1150 g/mol. The Morgan fingerprint density at radius 3 is 1.85 bits per heavy atom. The van der Waals surface area contributed by atoms with E-state index in [1.165, 1.54) is 11.1 Å². The Morgan fingerprint density at radius 2 is 1.22 bits per heavy atom. The number of ether oxygens (including phenoxy) is 1.